The highest BCUT2D eigenvalue weighted by atomic mass is 35.5. The maximum atomic E-state index is 10.8. The molecule has 2 rings (SSSR count). The Labute approximate surface area is 129 Å². The molecule has 7 heteroatoms. The van der Waals surface area contributed by atoms with Gasteiger partial charge in [0.1, 0.15) is 12.4 Å². The van der Waals surface area contributed by atoms with E-state index in [4.69, 9.17) is 49.1 Å². The fourth-order valence-electron chi connectivity index (χ4n) is 1.59. The minimum atomic E-state index is -1.14. The van der Waals surface area contributed by atoms with Crippen molar-refractivity contribution in [3.05, 3.63) is 50.4 Å². The van der Waals surface area contributed by atoms with Crippen LogP contribution < -0.4 is 4.74 Å². The van der Waals surface area contributed by atoms with Crippen molar-refractivity contribution in [2.75, 3.05) is 0 Å². The number of aromatic carboxylic acids is 1. The summed E-state index contributed by atoms with van der Waals surface area (Å²) in [4.78, 5) is 10.8. The van der Waals surface area contributed by atoms with Crippen molar-refractivity contribution in [1.82, 2.24) is 0 Å². The lowest BCUT2D eigenvalue weighted by Crippen LogP contribution is -1.97. The van der Waals surface area contributed by atoms with Gasteiger partial charge in [0.15, 0.2) is 5.75 Å². The number of carboxylic acid groups (broad SMARTS) is 1. The summed E-state index contributed by atoms with van der Waals surface area (Å²) in [5.41, 5.74) is 0.601. The molecular formula is C13H9Cl3O4. The van der Waals surface area contributed by atoms with Gasteiger partial charge >= 0.3 is 5.97 Å². The van der Waals surface area contributed by atoms with Crippen LogP contribution in [0.15, 0.2) is 22.6 Å². The van der Waals surface area contributed by atoms with E-state index in [2.05, 4.69) is 0 Å². The predicted octanol–water partition coefficient (Wildman–Crippen LogP) is 4.83. The Morgan fingerprint density at radius 2 is 1.85 bits per heavy atom. The summed E-state index contributed by atoms with van der Waals surface area (Å²) in [6.45, 7) is 1.74. The van der Waals surface area contributed by atoms with E-state index in [0.717, 1.165) is 0 Å². The Hall–Kier alpha value is -1.36. The van der Waals surface area contributed by atoms with Crippen LogP contribution in [0.1, 0.15) is 21.9 Å². The first-order chi connectivity index (χ1) is 9.38. The van der Waals surface area contributed by atoms with Gasteiger partial charge in [-0.05, 0) is 25.1 Å². The molecule has 2 aromatic rings. The van der Waals surface area contributed by atoms with E-state index in [1.807, 2.05) is 0 Å². The van der Waals surface area contributed by atoms with Crippen LogP contribution in [0.3, 0.4) is 0 Å². The molecule has 1 aromatic carbocycles. The molecule has 0 aliphatic rings. The number of ether oxygens (including phenoxy) is 1. The molecule has 0 atom stereocenters. The smallest absolute Gasteiger partial charge is 0.371 e. The number of furan rings is 1. The molecule has 4 nitrogen and oxygen atoms in total. The molecule has 0 saturated heterocycles. The molecule has 106 valence electrons. The van der Waals surface area contributed by atoms with Crippen LogP contribution in [-0.4, -0.2) is 11.1 Å². The molecule has 1 N–H and O–H groups in total. The summed E-state index contributed by atoms with van der Waals surface area (Å²) in [5, 5.41) is 9.80. The van der Waals surface area contributed by atoms with E-state index in [0.29, 0.717) is 16.3 Å². The first-order valence-corrected chi connectivity index (χ1v) is 6.62. The van der Waals surface area contributed by atoms with E-state index in [1.54, 1.807) is 6.92 Å². The Bertz CT molecular complexity index is 641. The second-order valence-electron chi connectivity index (χ2n) is 3.98. The van der Waals surface area contributed by atoms with Crippen LogP contribution in [0.5, 0.6) is 5.75 Å². The molecule has 0 amide bonds. The van der Waals surface area contributed by atoms with Crippen LogP contribution in [0.4, 0.5) is 0 Å². The van der Waals surface area contributed by atoms with Crippen LogP contribution in [-0.2, 0) is 6.61 Å². The minimum Gasteiger partial charge on any atom is -0.486 e. The highest BCUT2D eigenvalue weighted by Gasteiger charge is 2.15. The lowest BCUT2D eigenvalue weighted by atomic mass is 10.2. The standard InChI is InChI=1S/C13H9Cl3O4/c1-6-7(2-11(20-6)13(17)18)5-19-12-9(15)3-8(14)4-10(12)16/h2-4H,5H2,1H3,(H,17,18). The van der Waals surface area contributed by atoms with Crippen molar-refractivity contribution < 1.29 is 19.1 Å². The summed E-state index contributed by atoms with van der Waals surface area (Å²) in [7, 11) is 0. The fraction of sp³-hybridized carbons (Fsp3) is 0.154. The second kappa shape index (κ2) is 5.95. The van der Waals surface area contributed by atoms with Crippen LogP contribution >= 0.6 is 34.8 Å². The summed E-state index contributed by atoms with van der Waals surface area (Å²) in [5.74, 6) is -0.532. The average Bonchev–Trinajstić information content (AvgIpc) is 2.70. The van der Waals surface area contributed by atoms with Gasteiger partial charge in [-0.25, -0.2) is 4.79 Å². The highest BCUT2D eigenvalue weighted by molar-refractivity contribution is 6.40. The molecule has 0 bridgehead atoms. The highest BCUT2D eigenvalue weighted by Crippen LogP contribution is 2.36. The van der Waals surface area contributed by atoms with Crippen molar-refractivity contribution in [2.24, 2.45) is 0 Å². The Balaban J connectivity index is 2.19. The van der Waals surface area contributed by atoms with E-state index in [9.17, 15) is 4.79 Å². The molecule has 0 aliphatic carbocycles. The molecule has 1 heterocycles. The molecule has 0 aliphatic heterocycles. The van der Waals surface area contributed by atoms with E-state index in [1.165, 1.54) is 18.2 Å². The lowest BCUT2D eigenvalue weighted by molar-refractivity contribution is 0.0661. The first kappa shape index (κ1) is 15.0. The number of benzene rings is 1. The van der Waals surface area contributed by atoms with Crippen LogP contribution in [0.25, 0.3) is 0 Å². The number of hydrogen-bond donors (Lipinski definition) is 1. The van der Waals surface area contributed by atoms with Gasteiger partial charge in [0.25, 0.3) is 0 Å². The largest absolute Gasteiger partial charge is 0.486 e. The van der Waals surface area contributed by atoms with Gasteiger partial charge < -0.3 is 14.3 Å². The van der Waals surface area contributed by atoms with Gasteiger partial charge in [0, 0.05) is 10.6 Å². The normalized spacial score (nSPS) is 10.6. The predicted molar refractivity (Wildman–Crippen MR) is 76.2 cm³/mol. The first-order valence-electron chi connectivity index (χ1n) is 5.48. The third-order valence-corrected chi connectivity index (χ3v) is 3.35. The molecule has 0 fully saturated rings. The second-order valence-corrected chi connectivity index (χ2v) is 5.24. The SMILES string of the molecule is Cc1oc(C(=O)O)cc1COc1c(Cl)cc(Cl)cc1Cl. The van der Waals surface area contributed by atoms with Crippen LogP contribution in [0.2, 0.25) is 15.1 Å². The molecule has 0 unspecified atom stereocenters. The number of carbonyl (C=O) groups is 1. The molecule has 0 saturated carbocycles. The number of aryl methyl sites for hydroxylation is 1. The van der Waals surface area contributed by atoms with E-state index in [-0.39, 0.29) is 28.2 Å². The van der Waals surface area contributed by atoms with Crippen molar-refractivity contribution in [3.63, 3.8) is 0 Å². The topological polar surface area (TPSA) is 59.7 Å². The third-order valence-electron chi connectivity index (χ3n) is 2.57. The van der Waals surface area contributed by atoms with Crippen molar-refractivity contribution in [1.29, 1.82) is 0 Å². The molecule has 0 radical (unpaired) electrons. The van der Waals surface area contributed by atoms with Crippen LogP contribution in [0, 0.1) is 6.92 Å². The lowest BCUT2D eigenvalue weighted by Gasteiger charge is -2.09. The maximum Gasteiger partial charge on any atom is 0.371 e. The quantitative estimate of drug-likeness (QED) is 0.869. The zero-order chi connectivity index (χ0) is 14.9. The Morgan fingerprint density at radius 1 is 1.25 bits per heavy atom. The fourth-order valence-corrected chi connectivity index (χ4v) is 2.51. The van der Waals surface area contributed by atoms with Gasteiger partial charge in [0.05, 0.1) is 10.0 Å². The van der Waals surface area contributed by atoms with Gasteiger partial charge in [-0.2, -0.15) is 0 Å². The summed E-state index contributed by atoms with van der Waals surface area (Å²) in [6.07, 6.45) is 0. The Kier molecular flexibility index (Phi) is 4.48. The minimum absolute atomic E-state index is 0.0870. The van der Waals surface area contributed by atoms with Gasteiger partial charge in [0.2, 0.25) is 5.76 Å². The molecule has 20 heavy (non-hydrogen) atoms. The van der Waals surface area contributed by atoms with Crippen molar-refractivity contribution >= 4 is 40.8 Å². The zero-order valence-electron chi connectivity index (χ0n) is 10.2. The summed E-state index contributed by atoms with van der Waals surface area (Å²) >= 11 is 17.8. The van der Waals surface area contributed by atoms with Crippen molar-refractivity contribution in [3.8, 4) is 5.75 Å². The number of rotatable bonds is 4. The number of hydrogen-bond acceptors (Lipinski definition) is 3. The number of carboxylic acids is 1. The molecule has 0 spiro atoms. The third kappa shape index (κ3) is 3.20. The molecule has 1 aromatic heterocycles. The zero-order valence-corrected chi connectivity index (χ0v) is 12.5. The average molecular weight is 336 g/mol. The summed E-state index contributed by atoms with van der Waals surface area (Å²) < 4.78 is 10.6. The maximum absolute atomic E-state index is 10.8. The summed E-state index contributed by atoms with van der Waals surface area (Å²) in [6, 6.07) is 4.42. The van der Waals surface area contributed by atoms with E-state index >= 15 is 0 Å². The van der Waals surface area contributed by atoms with Crippen molar-refractivity contribution in [2.45, 2.75) is 13.5 Å². The van der Waals surface area contributed by atoms with Gasteiger partial charge in [-0.1, -0.05) is 34.8 Å². The van der Waals surface area contributed by atoms with Gasteiger partial charge in [-0.3, -0.25) is 0 Å². The monoisotopic (exact) mass is 334 g/mol. The van der Waals surface area contributed by atoms with E-state index < -0.39 is 5.97 Å². The number of halogens is 3. The van der Waals surface area contributed by atoms with Gasteiger partial charge in [-0.15, -0.1) is 0 Å². The Morgan fingerprint density at radius 3 is 2.35 bits per heavy atom. The molecular weight excluding hydrogens is 326 g/mol.